The van der Waals surface area contributed by atoms with Crippen LogP contribution in [0.3, 0.4) is 0 Å². The Balaban J connectivity index is 1.03. The second-order valence-corrected chi connectivity index (χ2v) is 15.1. The molecule has 3 saturated carbocycles. The molecule has 2 amide bonds. The van der Waals surface area contributed by atoms with Crippen molar-refractivity contribution < 1.29 is 28.5 Å². The molecule has 10 rings (SSSR count). The van der Waals surface area contributed by atoms with Crippen LogP contribution in [0, 0.1) is 71.0 Å². The van der Waals surface area contributed by atoms with Crippen LogP contribution >= 0.6 is 0 Å². The zero-order chi connectivity index (χ0) is 32.5. The van der Waals surface area contributed by atoms with Crippen molar-refractivity contribution >= 4 is 11.8 Å². The second-order valence-electron chi connectivity index (χ2n) is 15.1. The molecule has 2 aromatic carbocycles. The standard InChI is InChI=1S/C40H46N2O6/c1-3-41-35(43)17-27-25-8-7-23-24-9-10-26(37(23)39(25)28(27)13-21-5-11-31-33(15-21)47-19-45-31)40-29(30(38(24)40)18-36(44)42-4-2)14-22-6-12-32-34(16-22)48-20-46-32/h5-12,15-16,23-30,37-40H,3-4,13-14,17-20H2,1-2H3,(H,41,43)(H,42,44)/t23-,24+,25-,26-,27+,28-,29-,30-,37-,38-,39-,40+/m0/s1. The van der Waals surface area contributed by atoms with Gasteiger partial charge in [0, 0.05) is 25.9 Å². The van der Waals surface area contributed by atoms with Gasteiger partial charge >= 0.3 is 0 Å². The van der Waals surface area contributed by atoms with Crippen molar-refractivity contribution in [3.8, 4) is 23.0 Å². The maximum atomic E-state index is 13.1. The Morgan fingerprint density at radius 3 is 1.62 bits per heavy atom. The van der Waals surface area contributed by atoms with E-state index in [-0.39, 0.29) is 25.4 Å². The molecule has 2 aliphatic heterocycles. The van der Waals surface area contributed by atoms with E-state index >= 15 is 0 Å². The molecule has 8 heteroatoms. The molecule has 48 heavy (non-hydrogen) atoms. The van der Waals surface area contributed by atoms with E-state index in [9.17, 15) is 9.59 Å². The van der Waals surface area contributed by atoms with Crippen molar-refractivity contribution in [2.45, 2.75) is 39.5 Å². The number of amides is 2. The van der Waals surface area contributed by atoms with Gasteiger partial charge in [0.05, 0.1) is 0 Å². The van der Waals surface area contributed by atoms with Crippen molar-refractivity contribution in [2.24, 2.45) is 71.0 Å². The number of benzene rings is 2. The number of nitrogens with one attached hydrogen (secondary N) is 2. The Hall–Kier alpha value is -3.94. The lowest BCUT2D eigenvalue weighted by Crippen LogP contribution is -2.67. The SMILES string of the molecule is CCNC(=O)C[C@@H]1[C@@H]2C=C[C@H]3[C@H]4C=C[C@@H]([C@H]3[C@@H]2[C@H]1Cc1ccc2c(c1)OCO2)[C@@H]1[C@@H](Cc2ccc3c(c2)OCO3)[C@H](CC(=O)NCC)[C@H]41. The fraction of sp³-hybridized carbons (Fsp3) is 0.550. The van der Waals surface area contributed by atoms with Crippen LogP contribution in [-0.4, -0.2) is 38.5 Å². The van der Waals surface area contributed by atoms with Gasteiger partial charge in [-0.2, -0.15) is 0 Å². The number of hydrogen-bond acceptors (Lipinski definition) is 6. The fourth-order valence-corrected chi connectivity index (χ4v) is 11.5. The van der Waals surface area contributed by atoms with Gasteiger partial charge in [0.25, 0.3) is 0 Å². The average molecular weight is 651 g/mol. The van der Waals surface area contributed by atoms with Gasteiger partial charge in [0.2, 0.25) is 25.4 Å². The van der Waals surface area contributed by atoms with Crippen LogP contribution in [0.25, 0.3) is 0 Å². The van der Waals surface area contributed by atoms with Crippen molar-refractivity contribution in [2.75, 3.05) is 26.7 Å². The molecule has 12 atom stereocenters. The molecule has 0 aromatic heterocycles. The first-order chi connectivity index (χ1) is 23.5. The molecular weight excluding hydrogens is 604 g/mol. The smallest absolute Gasteiger partial charge is 0.231 e. The molecule has 0 unspecified atom stereocenters. The van der Waals surface area contributed by atoms with Gasteiger partial charge in [-0.05, 0) is 133 Å². The lowest BCUT2D eigenvalue weighted by molar-refractivity contribution is -0.191. The second kappa shape index (κ2) is 11.9. The minimum atomic E-state index is 0.160. The molecule has 2 aromatic rings. The maximum absolute atomic E-state index is 13.1. The van der Waals surface area contributed by atoms with E-state index in [1.807, 2.05) is 26.0 Å². The number of hydrogen-bond donors (Lipinski definition) is 2. The third-order valence-corrected chi connectivity index (χ3v) is 13.2. The summed E-state index contributed by atoms with van der Waals surface area (Å²) in [5.41, 5.74) is 2.52. The van der Waals surface area contributed by atoms with Gasteiger partial charge in [0.15, 0.2) is 23.0 Å². The van der Waals surface area contributed by atoms with Crippen LogP contribution in [0.15, 0.2) is 60.7 Å². The quantitative estimate of drug-likeness (QED) is 0.328. The van der Waals surface area contributed by atoms with Gasteiger partial charge in [-0.25, -0.2) is 0 Å². The van der Waals surface area contributed by atoms with Crippen molar-refractivity contribution in [3.05, 3.63) is 71.8 Å². The number of carbonyl (C=O) groups excluding carboxylic acids is 2. The topological polar surface area (TPSA) is 95.1 Å². The predicted octanol–water partition coefficient (Wildman–Crippen LogP) is 5.56. The van der Waals surface area contributed by atoms with Gasteiger partial charge in [-0.1, -0.05) is 36.4 Å². The van der Waals surface area contributed by atoms with Gasteiger partial charge < -0.3 is 29.6 Å². The molecule has 2 heterocycles. The first kappa shape index (κ1) is 30.1. The van der Waals surface area contributed by atoms with E-state index in [4.69, 9.17) is 18.9 Å². The van der Waals surface area contributed by atoms with Crippen LogP contribution < -0.4 is 29.6 Å². The van der Waals surface area contributed by atoms with Gasteiger partial charge in [-0.3, -0.25) is 9.59 Å². The highest BCUT2D eigenvalue weighted by molar-refractivity contribution is 5.77. The van der Waals surface area contributed by atoms with Crippen LogP contribution in [0.5, 0.6) is 23.0 Å². The molecule has 3 fully saturated rings. The largest absolute Gasteiger partial charge is 0.454 e. The van der Waals surface area contributed by atoms with E-state index in [1.165, 1.54) is 11.1 Å². The normalized spacial score (nSPS) is 36.7. The summed E-state index contributed by atoms with van der Waals surface area (Å²) < 4.78 is 22.7. The van der Waals surface area contributed by atoms with E-state index < -0.39 is 0 Å². The molecule has 6 aliphatic carbocycles. The number of allylic oxidation sites excluding steroid dienone is 4. The first-order valence-corrected chi connectivity index (χ1v) is 18.2. The molecule has 0 spiro atoms. The van der Waals surface area contributed by atoms with Crippen LogP contribution in [0.4, 0.5) is 0 Å². The lowest BCUT2D eigenvalue weighted by Gasteiger charge is -2.71. The van der Waals surface area contributed by atoms with Gasteiger partial charge in [-0.15, -0.1) is 0 Å². The van der Waals surface area contributed by atoms with Gasteiger partial charge in [0.1, 0.15) is 0 Å². The van der Waals surface area contributed by atoms with Crippen molar-refractivity contribution in [1.82, 2.24) is 10.6 Å². The number of rotatable bonds is 10. The molecule has 8 aliphatic rings. The minimum Gasteiger partial charge on any atom is -0.454 e. The minimum absolute atomic E-state index is 0.160. The lowest BCUT2D eigenvalue weighted by atomic mass is 9.33. The molecule has 2 bridgehead atoms. The highest BCUT2D eigenvalue weighted by Crippen LogP contribution is 2.71. The molecule has 2 N–H and O–H groups in total. The Kier molecular flexibility index (Phi) is 7.46. The predicted molar refractivity (Wildman–Crippen MR) is 179 cm³/mol. The van der Waals surface area contributed by atoms with Crippen LogP contribution in [-0.2, 0) is 22.4 Å². The van der Waals surface area contributed by atoms with Crippen molar-refractivity contribution in [1.29, 1.82) is 0 Å². The summed E-state index contributed by atoms with van der Waals surface area (Å²) in [6, 6.07) is 12.7. The average Bonchev–Trinajstić information content (AvgIpc) is 3.76. The Morgan fingerprint density at radius 2 is 1.02 bits per heavy atom. The Bertz CT molecular complexity index is 1670. The summed E-state index contributed by atoms with van der Waals surface area (Å²) in [6.07, 6.45) is 13.1. The monoisotopic (exact) mass is 650 g/mol. The number of carbonyl (C=O) groups is 2. The van der Waals surface area contributed by atoms with E-state index in [0.29, 0.717) is 96.9 Å². The molecule has 0 saturated heterocycles. The molecule has 252 valence electrons. The summed E-state index contributed by atoms with van der Waals surface area (Å²) in [5, 5.41) is 6.18. The maximum Gasteiger partial charge on any atom is 0.231 e. The first-order valence-electron chi connectivity index (χ1n) is 18.2. The summed E-state index contributed by atoms with van der Waals surface area (Å²) >= 11 is 0. The summed E-state index contributed by atoms with van der Waals surface area (Å²) in [6.45, 7) is 5.87. The van der Waals surface area contributed by atoms with Crippen molar-refractivity contribution in [3.63, 3.8) is 0 Å². The third kappa shape index (κ3) is 4.76. The zero-order valence-corrected chi connectivity index (χ0v) is 27.8. The summed E-state index contributed by atoms with van der Waals surface area (Å²) in [4.78, 5) is 26.1. The highest BCUT2D eigenvalue weighted by atomic mass is 16.7. The van der Waals surface area contributed by atoms with Crippen LogP contribution in [0.1, 0.15) is 37.8 Å². The number of ether oxygens (including phenoxy) is 4. The summed E-state index contributed by atoms with van der Waals surface area (Å²) in [5.74, 6) is 9.08. The Morgan fingerprint density at radius 1 is 0.562 bits per heavy atom. The fourth-order valence-electron chi connectivity index (χ4n) is 11.5. The third-order valence-electron chi connectivity index (χ3n) is 13.2. The van der Waals surface area contributed by atoms with Crippen LogP contribution in [0.2, 0.25) is 0 Å². The highest BCUT2D eigenvalue weighted by Gasteiger charge is 2.67. The molecular formula is C40H46N2O6. The molecule has 0 radical (unpaired) electrons. The Labute approximate surface area is 282 Å². The van der Waals surface area contributed by atoms with E-state index in [0.717, 1.165) is 35.8 Å². The zero-order valence-electron chi connectivity index (χ0n) is 27.8. The molecule has 8 nitrogen and oxygen atoms in total. The number of fused-ring (bicyclic) bond motifs is 3. The van der Waals surface area contributed by atoms with E-state index in [2.05, 4.69) is 59.2 Å². The van der Waals surface area contributed by atoms with E-state index in [1.54, 1.807) is 0 Å². The summed E-state index contributed by atoms with van der Waals surface area (Å²) in [7, 11) is 0.